The normalized spacial score (nSPS) is 8.11. The molecule has 0 heterocycles. The molecule has 0 aromatic heterocycles. The first-order chi connectivity index (χ1) is 3.93. The minimum atomic E-state index is 0. The molecule has 1 rings (SSSR count). The zero-order valence-corrected chi connectivity index (χ0v) is 8.69. The van der Waals surface area contributed by atoms with Gasteiger partial charge in [0.1, 0.15) is 0 Å². The van der Waals surface area contributed by atoms with E-state index in [9.17, 15) is 0 Å². The van der Waals surface area contributed by atoms with E-state index in [2.05, 4.69) is 25.1 Å². The van der Waals surface area contributed by atoms with Gasteiger partial charge in [-0.05, 0) is 0 Å². The number of hydrogen-bond donors (Lipinski definition) is 0. The van der Waals surface area contributed by atoms with Gasteiger partial charge in [0.15, 0.2) is 0 Å². The molecule has 0 atom stereocenters. The van der Waals surface area contributed by atoms with Gasteiger partial charge in [-0.15, -0.1) is 0 Å². The van der Waals surface area contributed by atoms with Gasteiger partial charge in [0, 0.05) is 19.5 Å². The minimum absolute atomic E-state index is 0. The van der Waals surface area contributed by atoms with Crippen LogP contribution in [0.5, 0.6) is 0 Å². The summed E-state index contributed by atoms with van der Waals surface area (Å²) in [6.45, 7) is 2.15. The van der Waals surface area contributed by atoms with Crippen molar-refractivity contribution in [2.24, 2.45) is 0 Å². The summed E-state index contributed by atoms with van der Waals surface area (Å²) in [5.74, 6) is 0. The van der Waals surface area contributed by atoms with Crippen molar-refractivity contribution in [3.8, 4) is 0 Å². The van der Waals surface area contributed by atoms with Crippen molar-refractivity contribution < 1.29 is 19.5 Å². The molecule has 0 aliphatic heterocycles. The van der Waals surface area contributed by atoms with Crippen LogP contribution >= 0.6 is 0 Å². The van der Waals surface area contributed by atoms with Crippen LogP contribution in [0.25, 0.3) is 0 Å². The van der Waals surface area contributed by atoms with Crippen molar-refractivity contribution >= 4 is 0 Å². The average molecular weight is 171 g/mol. The molecule has 0 radical (unpaired) electrons. The first-order valence-corrected chi connectivity index (χ1v) is 2.88. The van der Waals surface area contributed by atoms with Gasteiger partial charge in [-0.3, -0.25) is 0 Å². The van der Waals surface area contributed by atoms with E-state index < -0.39 is 0 Å². The van der Waals surface area contributed by atoms with Crippen molar-refractivity contribution in [3.05, 3.63) is 35.9 Å². The quantitative estimate of drug-likeness (QED) is 0.447. The Labute approximate surface area is 69.0 Å². The monoisotopic (exact) mass is 169 g/mol. The van der Waals surface area contributed by atoms with Gasteiger partial charge in [0.05, 0.1) is 0 Å². The van der Waals surface area contributed by atoms with Crippen molar-refractivity contribution in [2.45, 2.75) is 13.3 Å². The second-order valence-electron chi connectivity index (χ2n) is 1.76. The summed E-state index contributed by atoms with van der Waals surface area (Å²) in [5.41, 5.74) is 1.38. The second-order valence-corrected chi connectivity index (χ2v) is 1.76. The van der Waals surface area contributed by atoms with Crippen LogP contribution < -0.4 is 0 Å². The Bertz CT molecular complexity index is 146. The molecule has 1 aromatic rings. The molecule has 0 N–H and O–H groups in total. The Hall–Kier alpha value is -0.157. The molecule has 0 amide bonds. The summed E-state index contributed by atoms with van der Waals surface area (Å²) in [6, 6.07) is 11.0. The summed E-state index contributed by atoms with van der Waals surface area (Å²) in [4.78, 5) is 0. The average Bonchev–Trinajstić information content (AvgIpc) is 1.90. The van der Waals surface area contributed by atoms with E-state index in [4.69, 9.17) is 0 Å². The van der Waals surface area contributed by atoms with E-state index in [1.54, 1.807) is 0 Å². The zero-order chi connectivity index (χ0) is 5.82. The molecule has 0 bridgehead atoms. The van der Waals surface area contributed by atoms with Crippen LogP contribution in [-0.2, 0) is 25.9 Å². The van der Waals surface area contributed by atoms with Crippen LogP contribution in [0.3, 0.4) is 0 Å². The minimum Gasteiger partial charge on any atom is -0.184 e. The first-order valence-electron chi connectivity index (χ1n) is 2.88. The summed E-state index contributed by atoms with van der Waals surface area (Å²) in [5, 5.41) is 0. The van der Waals surface area contributed by atoms with E-state index in [0.717, 1.165) is 6.42 Å². The summed E-state index contributed by atoms with van der Waals surface area (Å²) in [7, 11) is 0. The molecule has 0 nitrogen and oxygen atoms in total. The fraction of sp³-hybridized carbons (Fsp3) is 0.250. The van der Waals surface area contributed by atoms with Crippen molar-refractivity contribution in [1.29, 1.82) is 0 Å². The molecule has 0 fully saturated rings. The van der Waals surface area contributed by atoms with Gasteiger partial charge < -0.3 is 0 Å². The number of rotatable bonds is 1. The number of aryl methyl sites for hydroxylation is 1. The molecule has 0 aliphatic rings. The standard InChI is InChI=1S/C8H9.Zn/c1-2-8-6-4-3-5-7-8;/h4-7H,2H2,1H3;/q-1;. The maximum atomic E-state index is 2.97. The molecule has 0 unspecified atom stereocenters. The smallest absolute Gasteiger partial charge is 0 e. The van der Waals surface area contributed by atoms with Crippen LogP contribution in [0.4, 0.5) is 0 Å². The van der Waals surface area contributed by atoms with E-state index in [1.807, 2.05) is 12.1 Å². The van der Waals surface area contributed by atoms with Crippen LogP contribution in [0.2, 0.25) is 0 Å². The van der Waals surface area contributed by atoms with Crippen LogP contribution in [0.1, 0.15) is 12.5 Å². The van der Waals surface area contributed by atoms with Gasteiger partial charge in [-0.2, -0.15) is 35.9 Å². The molecule has 0 aliphatic carbocycles. The molecule has 0 saturated heterocycles. The molecule has 9 heavy (non-hydrogen) atoms. The van der Waals surface area contributed by atoms with Crippen molar-refractivity contribution in [2.75, 3.05) is 0 Å². The SMILES string of the molecule is CCc1cc[c-]cc1.[Zn]. The topological polar surface area (TPSA) is 0 Å². The molecular weight excluding hydrogens is 161 g/mol. The maximum absolute atomic E-state index is 2.97. The summed E-state index contributed by atoms with van der Waals surface area (Å²) >= 11 is 0. The molecule has 0 spiro atoms. The van der Waals surface area contributed by atoms with Crippen LogP contribution in [-0.4, -0.2) is 0 Å². The zero-order valence-electron chi connectivity index (χ0n) is 5.72. The molecule has 1 heteroatoms. The number of hydrogen-bond acceptors (Lipinski definition) is 0. The largest absolute Gasteiger partial charge is 0.184 e. The van der Waals surface area contributed by atoms with Crippen LogP contribution in [0, 0.1) is 6.07 Å². The van der Waals surface area contributed by atoms with E-state index in [1.165, 1.54) is 5.56 Å². The van der Waals surface area contributed by atoms with Gasteiger partial charge in [-0.25, -0.2) is 0 Å². The van der Waals surface area contributed by atoms with E-state index in [0.29, 0.717) is 0 Å². The molecule has 44 valence electrons. The van der Waals surface area contributed by atoms with Crippen molar-refractivity contribution in [1.82, 2.24) is 0 Å². The van der Waals surface area contributed by atoms with Crippen molar-refractivity contribution in [3.63, 3.8) is 0 Å². The Morgan fingerprint density at radius 2 is 1.89 bits per heavy atom. The Morgan fingerprint density at radius 1 is 1.33 bits per heavy atom. The third-order valence-corrected chi connectivity index (χ3v) is 1.20. The van der Waals surface area contributed by atoms with E-state index in [-0.39, 0.29) is 19.5 Å². The third kappa shape index (κ3) is 2.76. The third-order valence-electron chi connectivity index (χ3n) is 1.20. The molecule has 1 aromatic carbocycles. The Balaban J connectivity index is 0.000000640. The van der Waals surface area contributed by atoms with Gasteiger partial charge in [-0.1, -0.05) is 13.3 Å². The van der Waals surface area contributed by atoms with Gasteiger partial charge >= 0.3 is 0 Å². The predicted octanol–water partition coefficient (Wildman–Crippen LogP) is 2.05. The summed E-state index contributed by atoms with van der Waals surface area (Å²) < 4.78 is 0. The predicted molar refractivity (Wildman–Crippen MR) is 34.7 cm³/mol. The first kappa shape index (κ1) is 8.84. The fourth-order valence-corrected chi connectivity index (χ4v) is 0.657. The molecular formula is C8H9Zn-. The Morgan fingerprint density at radius 3 is 2.22 bits per heavy atom. The second kappa shape index (κ2) is 4.70. The summed E-state index contributed by atoms with van der Waals surface area (Å²) in [6.07, 6.45) is 1.12. The molecule has 0 saturated carbocycles. The Kier molecular flexibility index (Phi) is 4.62. The van der Waals surface area contributed by atoms with Gasteiger partial charge in [0.25, 0.3) is 0 Å². The number of benzene rings is 1. The van der Waals surface area contributed by atoms with Crippen LogP contribution in [0.15, 0.2) is 24.3 Å². The maximum Gasteiger partial charge on any atom is 0 e. The fourth-order valence-electron chi connectivity index (χ4n) is 0.657. The van der Waals surface area contributed by atoms with E-state index >= 15 is 0 Å². The van der Waals surface area contributed by atoms with Gasteiger partial charge in [0.2, 0.25) is 0 Å².